The van der Waals surface area contributed by atoms with Crippen molar-refractivity contribution < 1.29 is 0 Å². The number of rotatable bonds is 4. The topological polar surface area (TPSA) is 19.7 Å². The van der Waals surface area contributed by atoms with Crippen LogP contribution in [0.1, 0.15) is 325 Å². The largest absolute Gasteiger partial charge is 0.343 e. The third-order valence-electron chi connectivity index (χ3n) is 13.1. The average Bonchev–Trinajstić information content (AvgIpc) is 1.65. The zero-order chi connectivity index (χ0) is 76.5. The van der Waals surface area contributed by atoms with Gasteiger partial charge in [-0.3, -0.25) is 0 Å². The monoisotopic (exact) mass is 1480 g/mol. The Labute approximate surface area is 679 Å². The minimum Gasteiger partial charge on any atom is -0.343 e. The second kappa shape index (κ2) is 101. The van der Waals surface area contributed by atoms with Gasteiger partial charge in [-0.1, -0.05) is 473 Å². The van der Waals surface area contributed by atoms with Crippen molar-refractivity contribution in [2.75, 3.05) is 0 Å². The van der Waals surface area contributed by atoms with Crippen LogP contribution in [0.4, 0.5) is 0 Å². The highest BCUT2D eigenvalue weighted by Gasteiger charge is 2.13. The van der Waals surface area contributed by atoms with E-state index in [1.807, 2.05) is 234 Å². The zero-order valence-electron chi connectivity index (χ0n) is 71.1. The number of hydrogen-bond donors (Lipinski definition) is 0. The molecule has 0 aliphatic rings. The lowest BCUT2D eigenvalue weighted by atomic mass is 10.1. The maximum atomic E-state index is 3.88. The molecule has 0 atom stereocenters. The van der Waals surface area contributed by atoms with Gasteiger partial charge in [0.05, 0.1) is 22.1 Å². The number of nitrogens with zero attached hydrogens (tertiary/aromatic N) is 4. The van der Waals surface area contributed by atoms with E-state index in [1.165, 1.54) is 109 Å². The predicted octanol–water partition coefficient (Wildman–Crippen LogP) is 37.1. The molecule has 0 unspecified atom stereocenters. The van der Waals surface area contributed by atoms with Crippen molar-refractivity contribution in [2.24, 2.45) is 28.2 Å². The summed E-state index contributed by atoms with van der Waals surface area (Å²) >= 11 is 0. The smallest absolute Gasteiger partial charge is 0.0562 e. The van der Waals surface area contributed by atoms with Gasteiger partial charge in [-0.15, -0.1) is 0 Å². The lowest BCUT2D eigenvalue weighted by molar-refractivity contribution is 0.995. The van der Waals surface area contributed by atoms with E-state index in [1.54, 1.807) is 0 Å². The highest BCUT2D eigenvalue weighted by molar-refractivity contribution is 6.12. The highest BCUT2D eigenvalue weighted by atomic mass is 15.0. The third-order valence-corrected chi connectivity index (χ3v) is 13.1. The van der Waals surface area contributed by atoms with Crippen molar-refractivity contribution in [1.82, 2.24) is 18.3 Å². The molecule has 0 saturated heterocycles. The van der Waals surface area contributed by atoms with E-state index in [2.05, 4.69) is 243 Å². The minimum atomic E-state index is 0. The molecular weight excluding hydrogens is 1290 g/mol. The summed E-state index contributed by atoms with van der Waals surface area (Å²) in [6, 6.07) is 60.1. The van der Waals surface area contributed by atoms with Gasteiger partial charge in [0.2, 0.25) is 0 Å². The van der Waals surface area contributed by atoms with Crippen molar-refractivity contribution in [3.05, 3.63) is 205 Å². The molecule has 6 radical (unpaired) electrons. The third kappa shape index (κ3) is 41.6. The molecule has 4 aromatic heterocycles. The number of benzene rings is 8. The van der Waals surface area contributed by atoms with Gasteiger partial charge in [-0.05, 0) is 59.4 Å². The van der Waals surface area contributed by atoms with E-state index in [-0.39, 0.29) is 83.7 Å². The van der Waals surface area contributed by atoms with E-state index in [0.29, 0.717) is 0 Å². The molecule has 0 amide bonds. The van der Waals surface area contributed by atoms with Crippen molar-refractivity contribution >= 4 is 116 Å². The molecule has 12 aromatic rings. The van der Waals surface area contributed by atoms with Crippen molar-refractivity contribution in [1.29, 1.82) is 0 Å². The first kappa shape index (κ1) is 149. The van der Waals surface area contributed by atoms with Crippen molar-refractivity contribution in [2.45, 2.75) is 315 Å². The van der Waals surface area contributed by atoms with Gasteiger partial charge in [0.15, 0.2) is 0 Å². The molecule has 618 valence electrons. The van der Waals surface area contributed by atoms with Crippen LogP contribution in [-0.4, -0.2) is 35.1 Å². The van der Waals surface area contributed by atoms with Gasteiger partial charge in [0, 0.05) is 110 Å². The summed E-state index contributed by atoms with van der Waals surface area (Å²) in [4.78, 5) is 0. The molecule has 0 aliphatic heterocycles. The summed E-state index contributed by atoms with van der Waals surface area (Å²) in [5, 5.41) is 10.7. The molecule has 0 saturated carbocycles. The second-order valence-electron chi connectivity index (χ2n) is 16.5. The van der Waals surface area contributed by atoms with E-state index in [0.717, 1.165) is 12.8 Å². The van der Waals surface area contributed by atoms with Crippen LogP contribution in [-0.2, 0) is 41.0 Å². The normalized spacial score (nSPS) is 7.61. The van der Waals surface area contributed by atoms with Crippen LogP contribution in [0.25, 0.3) is 99.4 Å². The Morgan fingerprint density at radius 3 is 0.542 bits per heavy atom. The van der Waals surface area contributed by atoms with Crippen molar-refractivity contribution in [3.63, 3.8) is 0 Å². The number of hydrogen-bond acceptors (Lipinski definition) is 0. The Balaban J connectivity index is -0.0000000488. The molecule has 107 heavy (non-hydrogen) atoms. The average molecular weight is 1480 g/mol. The molecular formula is C101H188B2N4. The maximum Gasteiger partial charge on any atom is 0.0562 e. The molecule has 0 fully saturated rings. The predicted molar refractivity (Wildman–Crippen MR) is 534 cm³/mol. The SMILES string of the molecule is C.C.C.C.C.C.C.C.C.C=Cc1cccc2c3ccccc3n(C)c12.C=Cc1cccc2c3ccccc3n(C)c12.CC.CC.CC.CC.CC.CC.CC.CC.CC.CC.CC.CC.CC.CC.CC.CC.CCc1cccc2c3ccccc3n(C)c12.CCc1cccc2c3ccccc3n(C)c12.[B].[B]. The summed E-state index contributed by atoms with van der Waals surface area (Å²) in [5.41, 5.74) is 15.7. The fourth-order valence-corrected chi connectivity index (χ4v) is 10.1. The van der Waals surface area contributed by atoms with Gasteiger partial charge in [0.25, 0.3) is 0 Å². The molecule has 12 rings (SSSR count). The maximum absolute atomic E-state index is 3.88. The van der Waals surface area contributed by atoms with Crippen LogP contribution < -0.4 is 0 Å². The molecule has 0 spiro atoms. The number of aromatic nitrogens is 4. The van der Waals surface area contributed by atoms with Crippen LogP contribution in [0.2, 0.25) is 0 Å². The summed E-state index contributed by atoms with van der Waals surface area (Å²) in [5.74, 6) is 0. The molecule has 8 aromatic carbocycles. The van der Waals surface area contributed by atoms with Crippen LogP contribution in [0.3, 0.4) is 0 Å². The van der Waals surface area contributed by atoms with Crippen LogP contribution >= 0.6 is 0 Å². The summed E-state index contributed by atoms with van der Waals surface area (Å²) in [6.07, 6.45) is 6.01. The molecule has 4 nitrogen and oxygen atoms in total. The van der Waals surface area contributed by atoms with Crippen LogP contribution in [0.5, 0.6) is 0 Å². The Morgan fingerprint density at radius 2 is 0.364 bits per heavy atom. The van der Waals surface area contributed by atoms with E-state index in [9.17, 15) is 0 Å². The number of para-hydroxylation sites is 8. The number of aryl methyl sites for hydroxylation is 6. The fraction of sp³-hybridized carbons (Fsp3) is 0.485. The van der Waals surface area contributed by atoms with Gasteiger partial charge < -0.3 is 18.3 Å². The molecule has 0 bridgehead atoms. The fourth-order valence-electron chi connectivity index (χ4n) is 10.1. The standard InChI is InChI=1S/2C15H15N.2C15H13N.16C2H6.9CH4.2B/c4*1-3-11-7-6-9-13-12-8-4-5-10-14(12)16(2)15(11)13;16*1-2;;;;;;;;;;;/h2*4-10H,3H2,1-2H3;2*3-10H,1H2,2H3;16*1-2H3;9*1H4;;. The first-order valence-corrected chi connectivity index (χ1v) is 38.4. The number of fused-ring (bicyclic) bond motifs is 12. The quantitative estimate of drug-likeness (QED) is 0.157. The lowest BCUT2D eigenvalue weighted by Gasteiger charge is -2.03. The van der Waals surface area contributed by atoms with Gasteiger partial charge in [0.1, 0.15) is 0 Å². The minimum absolute atomic E-state index is 0. The molecule has 0 N–H and O–H groups in total. The van der Waals surface area contributed by atoms with Gasteiger partial charge >= 0.3 is 0 Å². The first-order valence-electron chi connectivity index (χ1n) is 38.4. The first-order chi connectivity index (χ1) is 47.3. The van der Waals surface area contributed by atoms with E-state index < -0.39 is 0 Å². The zero-order valence-corrected chi connectivity index (χ0v) is 71.1. The van der Waals surface area contributed by atoms with E-state index >= 15 is 0 Å². The molecule has 4 heterocycles. The summed E-state index contributed by atoms with van der Waals surface area (Å²) in [6.45, 7) is 76.2. The van der Waals surface area contributed by atoms with Crippen LogP contribution in [0.15, 0.2) is 183 Å². The summed E-state index contributed by atoms with van der Waals surface area (Å²) < 4.78 is 9.09. The Bertz CT molecular complexity index is 3450. The van der Waals surface area contributed by atoms with Gasteiger partial charge in [-0.25, -0.2) is 0 Å². The van der Waals surface area contributed by atoms with Gasteiger partial charge in [-0.2, -0.15) is 0 Å². The Kier molecular flexibility index (Phi) is 140. The summed E-state index contributed by atoms with van der Waals surface area (Å²) in [7, 11) is 8.53. The van der Waals surface area contributed by atoms with Crippen molar-refractivity contribution in [3.8, 4) is 0 Å². The molecule has 0 aliphatic carbocycles. The lowest BCUT2D eigenvalue weighted by Crippen LogP contribution is -1.91. The Morgan fingerprint density at radius 1 is 0.215 bits per heavy atom. The highest BCUT2D eigenvalue weighted by Crippen LogP contribution is 2.34. The molecule has 6 heteroatoms. The van der Waals surface area contributed by atoms with E-state index in [4.69, 9.17) is 0 Å². The second-order valence-corrected chi connectivity index (χ2v) is 16.5. The van der Waals surface area contributed by atoms with Crippen LogP contribution in [0, 0.1) is 0 Å². The Hall–Kier alpha value is -7.43.